The Morgan fingerprint density at radius 1 is 1.23 bits per heavy atom. The highest BCUT2D eigenvalue weighted by molar-refractivity contribution is 6.32. The largest absolute Gasteiger partial charge is 0.511 e. The molecule has 0 atom stereocenters. The van der Waals surface area contributed by atoms with Gasteiger partial charge >= 0.3 is 6.16 Å². The molecule has 0 saturated carbocycles. The number of hydrogen-bond donors (Lipinski definition) is 2. The number of fused-ring (bicyclic) bond motifs is 1. The maximum Gasteiger partial charge on any atom is 0.511 e. The summed E-state index contributed by atoms with van der Waals surface area (Å²) in [5, 5.41) is 13.2. The van der Waals surface area contributed by atoms with Crippen LogP contribution in [0.15, 0.2) is 47.5 Å². The van der Waals surface area contributed by atoms with E-state index < -0.39 is 11.7 Å². The zero-order valence-electron chi connectivity index (χ0n) is 15.8. The highest BCUT2D eigenvalue weighted by Gasteiger charge is 2.14. The van der Waals surface area contributed by atoms with Crippen molar-refractivity contribution in [1.29, 1.82) is 0 Å². The molecule has 9 nitrogen and oxygen atoms in total. The van der Waals surface area contributed by atoms with Gasteiger partial charge in [-0.05, 0) is 37.1 Å². The van der Waals surface area contributed by atoms with Gasteiger partial charge in [0.15, 0.2) is 5.75 Å². The van der Waals surface area contributed by atoms with Gasteiger partial charge in [-0.2, -0.15) is 5.10 Å². The van der Waals surface area contributed by atoms with Gasteiger partial charge in [-0.3, -0.25) is 9.78 Å². The van der Waals surface area contributed by atoms with Crippen molar-refractivity contribution < 1.29 is 19.4 Å². The lowest BCUT2D eigenvalue weighted by molar-refractivity contribution is 0.144. The van der Waals surface area contributed by atoms with E-state index in [1.165, 1.54) is 29.2 Å². The SMILES string of the molecule is Cc1cccc(C)c1Oc1cc2c(=O)[nH]c(-n3cc(OC(=O)O)cn3)nc2cc1Cl. The molecule has 0 radical (unpaired) electrons. The molecule has 0 saturated heterocycles. The molecule has 0 spiro atoms. The smallest absolute Gasteiger partial charge is 0.455 e. The quantitative estimate of drug-likeness (QED) is 0.468. The number of halogens is 1. The lowest BCUT2D eigenvalue weighted by atomic mass is 10.1. The molecule has 2 heterocycles. The average molecular weight is 427 g/mol. The summed E-state index contributed by atoms with van der Waals surface area (Å²) >= 11 is 6.38. The van der Waals surface area contributed by atoms with Crippen LogP contribution in [0.3, 0.4) is 0 Å². The van der Waals surface area contributed by atoms with Gasteiger partial charge < -0.3 is 14.6 Å². The second-order valence-corrected chi connectivity index (χ2v) is 6.91. The van der Waals surface area contributed by atoms with E-state index in [2.05, 4.69) is 19.8 Å². The van der Waals surface area contributed by atoms with Crippen molar-refractivity contribution in [2.24, 2.45) is 0 Å². The van der Waals surface area contributed by atoms with Gasteiger partial charge in [0.1, 0.15) is 11.5 Å². The zero-order valence-corrected chi connectivity index (χ0v) is 16.6. The highest BCUT2D eigenvalue weighted by atomic mass is 35.5. The molecular formula is C20H15ClN4O5. The summed E-state index contributed by atoms with van der Waals surface area (Å²) in [6.07, 6.45) is 0.989. The van der Waals surface area contributed by atoms with Crippen LogP contribution in [0.5, 0.6) is 17.2 Å². The molecule has 2 aromatic heterocycles. The molecule has 0 bridgehead atoms. The molecule has 0 aliphatic heterocycles. The van der Waals surface area contributed by atoms with E-state index in [9.17, 15) is 9.59 Å². The monoisotopic (exact) mass is 426 g/mol. The standard InChI is InChI=1S/C20H15ClN4O5/c1-10-4-3-5-11(2)17(10)30-16-6-13-15(7-14(16)21)23-19(24-18(13)26)25-9-12(8-22-25)29-20(27)28/h3-9H,1-2H3,(H,27,28)(H,23,24,26). The molecule has 2 N–H and O–H groups in total. The molecule has 4 aromatic rings. The molecule has 2 aromatic carbocycles. The number of ether oxygens (including phenoxy) is 2. The van der Waals surface area contributed by atoms with E-state index in [0.29, 0.717) is 17.0 Å². The number of benzene rings is 2. The number of nitrogens with one attached hydrogen (secondary N) is 1. The first-order valence-electron chi connectivity index (χ1n) is 8.75. The topological polar surface area (TPSA) is 119 Å². The number of rotatable bonds is 4. The lowest BCUT2D eigenvalue weighted by Crippen LogP contribution is -2.14. The first-order valence-corrected chi connectivity index (χ1v) is 9.13. The van der Waals surface area contributed by atoms with Crippen LogP contribution in [0.2, 0.25) is 5.02 Å². The minimum Gasteiger partial charge on any atom is -0.455 e. The fourth-order valence-corrected chi connectivity index (χ4v) is 3.16. The second-order valence-electron chi connectivity index (χ2n) is 6.50. The van der Waals surface area contributed by atoms with Crippen LogP contribution in [-0.4, -0.2) is 31.0 Å². The predicted octanol–water partition coefficient (Wildman–Crippen LogP) is 4.23. The third-order valence-electron chi connectivity index (χ3n) is 4.35. The number of carbonyl (C=O) groups is 1. The maximum atomic E-state index is 12.6. The highest BCUT2D eigenvalue weighted by Crippen LogP contribution is 2.35. The Labute approximate surface area is 174 Å². The van der Waals surface area contributed by atoms with Gasteiger partial charge in [0.25, 0.3) is 5.56 Å². The molecule has 30 heavy (non-hydrogen) atoms. The number of H-pyrrole nitrogens is 1. The van der Waals surface area contributed by atoms with Crippen LogP contribution in [0.4, 0.5) is 4.79 Å². The first kappa shape index (κ1) is 19.5. The van der Waals surface area contributed by atoms with Crippen LogP contribution in [0, 0.1) is 13.8 Å². The molecule has 0 amide bonds. The van der Waals surface area contributed by atoms with E-state index in [1.54, 1.807) is 0 Å². The normalized spacial score (nSPS) is 10.9. The maximum absolute atomic E-state index is 12.6. The molecule has 10 heteroatoms. The van der Waals surface area contributed by atoms with Crippen LogP contribution >= 0.6 is 11.6 Å². The van der Waals surface area contributed by atoms with Crippen molar-refractivity contribution in [3.8, 4) is 23.2 Å². The summed E-state index contributed by atoms with van der Waals surface area (Å²) in [6.45, 7) is 3.84. The Bertz CT molecular complexity index is 1320. The summed E-state index contributed by atoms with van der Waals surface area (Å²) < 4.78 is 11.7. The van der Waals surface area contributed by atoms with Crippen molar-refractivity contribution in [3.63, 3.8) is 0 Å². The first-order chi connectivity index (χ1) is 14.3. The van der Waals surface area contributed by atoms with E-state index in [4.69, 9.17) is 21.4 Å². The van der Waals surface area contributed by atoms with Gasteiger partial charge in [-0.15, -0.1) is 0 Å². The Kier molecular flexibility index (Phi) is 4.88. The molecule has 4 rings (SSSR count). The molecule has 0 unspecified atom stereocenters. The number of hydrogen-bond acceptors (Lipinski definition) is 6. The van der Waals surface area contributed by atoms with Gasteiger partial charge in [-0.1, -0.05) is 29.8 Å². The van der Waals surface area contributed by atoms with Crippen molar-refractivity contribution in [2.45, 2.75) is 13.8 Å². The Morgan fingerprint density at radius 2 is 1.97 bits per heavy atom. The van der Waals surface area contributed by atoms with Crippen molar-refractivity contribution >= 4 is 28.7 Å². The number of carboxylic acid groups (broad SMARTS) is 1. The van der Waals surface area contributed by atoms with Gasteiger partial charge in [0, 0.05) is 0 Å². The summed E-state index contributed by atoms with van der Waals surface area (Å²) in [5.41, 5.74) is 1.76. The number of aromatic nitrogens is 4. The van der Waals surface area contributed by atoms with Gasteiger partial charge in [0.2, 0.25) is 5.95 Å². The third kappa shape index (κ3) is 3.70. The van der Waals surface area contributed by atoms with Crippen LogP contribution in [0.1, 0.15) is 11.1 Å². The number of para-hydroxylation sites is 1. The Balaban J connectivity index is 1.75. The van der Waals surface area contributed by atoms with Crippen LogP contribution in [0.25, 0.3) is 16.9 Å². The van der Waals surface area contributed by atoms with Crippen molar-refractivity contribution in [1.82, 2.24) is 19.7 Å². The van der Waals surface area contributed by atoms with E-state index >= 15 is 0 Å². The molecule has 0 aliphatic carbocycles. The Morgan fingerprint density at radius 3 is 2.67 bits per heavy atom. The van der Waals surface area contributed by atoms with E-state index in [0.717, 1.165) is 11.1 Å². The fourth-order valence-electron chi connectivity index (χ4n) is 2.96. The second kappa shape index (κ2) is 7.53. The summed E-state index contributed by atoms with van der Waals surface area (Å²) in [7, 11) is 0. The molecule has 0 aliphatic rings. The lowest BCUT2D eigenvalue weighted by Gasteiger charge is -2.13. The van der Waals surface area contributed by atoms with Gasteiger partial charge in [0.05, 0.1) is 28.3 Å². The van der Waals surface area contributed by atoms with Crippen LogP contribution < -0.4 is 15.0 Å². The molecular weight excluding hydrogens is 412 g/mol. The average Bonchev–Trinajstić information content (AvgIpc) is 3.13. The summed E-state index contributed by atoms with van der Waals surface area (Å²) in [4.78, 5) is 30.2. The number of aromatic amines is 1. The minimum atomic E-state index is -1.47. The third-order valence-corrected chi connectivity index (χ3v) is 4.64. The predicted molar refractivity (Wildman–Crippen MR) is 109 cm³/mol. The van der Waals surface area contributed by atoms with Crippen molar-refractivity contribution in [2.75, 3.05) is 0 Å². The van der Waals surface area contributed by atoms with Gasteiger partial charge in [-0.25, -0.2) is 14.5 Å². The minimum absolute atomic E-state index is 0.0133. The Hall–Kier alpha value is -3.85. The van der Waals surface area contributed by atoms with Crippen LogP contribution in [-0.2, 0) is 0 Å². The van der Waals surface area contributed by atoms with E-state index in [1.807, 2.05) is 32.0 Å². The van der Waals surface area contributed by atoms with E-state index in [-0.39, 0.29) is 22.1 Å². The number of aryl methyl sites for hydroxylation is 2. The fraction of sp³-hybridized carbons (Fsp3) is 0.100. The molecule has 0 fully saturated rings. The molecule has 152 valence electrons. The summed E-state index contributed by atoms with van der Waals surface area (Å²) in [5.74, 6) is 1.06. The zero-order chi connectivity index (χ0) is 21.4. The summed E-state index contributed by atoms with van der Waals surface area (Å²) in [6, 6.07) is 8.82. The van der Waals surface area contributed by atoms with Crippen molar-refractivity contribution in [3.05, 3.63) is 69.2 Å². The number of nitrogens with zero attached hydrogens (tertiary/aromatic N) is 3.